The van der Waals surface area contributed by atoms with Gasteiger partial charge in [0.05, 0.1) is 17.0 Å². The summed E-state index contributed by atoms with van der Waals surface area (Å²) in [6.45, 7) is 2.10. The van der Waals surface area contributed by atoms with Crippen LogP contribution in [0.15, 0.2) is 75.9 Å². The van der Waals surface area contributed by atoms with Crippen molar-refractivity contribution in [3.05, 3.63) is 110 Å². The van der Waals surface area contributed by atoms with Gasteiger partial charge in [0.2, 0.25) is 5.76 Å². The largest absolute Gasteiger partial charge is 0.508 e. The van der Waals surface area contributed by atoms with E-state index in [1.807, 2.05) is 37.3 Å². The number of hydrogen-bond acceptors (Lipinski definition) is 4. The molecule has 0 saturated carbocycles. The molecule has 0 spiro atoms. The van der Waals surface area contributed by atoms with Crippen molar-refractivity contribution in [2.45, 2.75) is 19.5 Å². The number of halogens is 1. The van der Waals surface area contributed by atoms with Gasteiger partial charge in [-0.2, -0.15) is 0 Å². The van der Waals surface area contributed by atoms with Crippen LogP contribution in [0.4, 0.5) is 0 Å². The fraction of sp³-hybridized carbons (Fsp3) is 0.120. The van der Waals surface area contributed by atoms with E-state index in [4.69, 9.17) is 16.0 Å². The van der Waals surface area contributed by atoms with E-state index in [2.05, 4.69) is 0 Å². The van der Waals surface area contributed by atoms with Crippen LogP contribution in [0.5, 0.6) is 5.75 Å². The number of amides is 1. The fourth-order valence-electron chi connectivity index (χ4n) is 4.13. The minimum Gasteiger partial charge on any atom is -0.508 e. The molecule has 0 bridgehead atoms. The minimum atomic E-state index is -0.685. The lowest BCUT2D eigenvalue weighted by atomic mass is 9.98. The minimum absolute atomic E-state index is 0.0310. The van der Waals surface area contributed by atoms with Gasteiger partial charge in [-0.3, -0.25) is 9.59 Å². The van der Waals surface area contributed by atoms with E-state index in [0.29, 0.717) is 28.1 Å². The number of benzene rings is 3. The van der Waals surface area contributed by atoms with Crippen LogP contribution in [-0.4, -0.2) is 15.9 Å². The van der Waals surface area contributed by atoms with Gasteiger partial charge in [-0.1, -0.05) is 54.1 Å². The monoisotopic (exact) mass is 431 g/mol. The van der Waals surface area contributed by atoms with E-state index >= 15 is 0 Å². The van der Waals surface area contributed by atoms with Gasteiger partial charge in [0.25, 0.3) is 5.91 Å². The lowest BCUT2D eigenvalue weighted by Crippen LogP contribution is -2.29. The van der Waals surface area contributed by atoms with Crippen molar-refractivity contribution in [3.63, 3.8) is 0 Å². The van der Waals surface area contributed by atoms with Crippen LogP contribution in [0.25, 0.3) is 11.0 Å². The third-order valence-corrected chi connectivity index (χ3v) is 6.04. The van der Waals surface area contributed by atoms with Crippen molar-refractivity contribution in [2.24, 2.45) is 0 Å². The molecule has 4 aromatic rings. The molecule has 3 aromatic carbocycles. The average molecular weight is 432 g/mol. The van der Waals surface area contributed by atoms with Gasteiger partial charge in [0, 0.05) is 11.6 Å². The molecular weight excluding hydrogens is 414 g/mol. The van der Waals surface area contributed by atoms with Gasteiger partial charge >= 0.3 is 0 Å². The standard InChI is InChI=1S/C25H18ClNO4/c1-14-10-20-18(12-19(14)26)23(29)21-22(16-8-5-9-17(28)11-16)27(25(30)24(21)31-20)13-15-6-3-2-4-7-15/h2-12,22,28H,13H2,1H3. The number of phenols is 1. The first kappa shape index (κ1) is 19.4. The lowest BCUT2D eigenvalue weighted by Gasteiger charge is -2.25. The number of hydrogen-bond donors (Lipinski definition) is 1. The van der Waals surface area contributed by atoms with Gasteiger partial charge in [-0.05, 0) is 47.9 Å². The third-order valence-electron chi connectivity index (χ3n) is 5.63. The smallest absolute Gasteiger partial charge is 0.291 e. The van der Waals surface area contributed by atoms with E-state index in [-0.39, 0.29) is 28.4 Å². The summed E-state index contributed by atoms with van der Waals surface area (Å²) in [7, 11) is 0. The highest BCUT2D eigenvalue weighted by Gasteiger charge is 2.42. The predicted molar refractivity (Wildman–Crippen MR) is 118 cm³/mol. The number of aryl methyl sites for hydroxylation is 1. The average Bonchev–Trinajstić information content (AvgIpc) is 3.03. The topological polar surface area (TPSA) is 70.8 Å². The van der Waals surface area contributed by atoms with Crippen molar-refractivity contribution < 1.29 is 14.3 Å². The number of aromatic hydroxyl groups is 1. The van der Waals surface area contributed by atoms with Crippen molar-refractivity contribution in [2.75, 3.05) is 0 Å². The van der Waals surface area contributed by atoms with Gasteiger partial charge in [-0.25, -0.2) is 0 Å². The van der Waals surface area contributed by atoms with Crippen LogP contribution in [0.3, 0.4) is 0 Å². The number of fused-ring (bicyclic) bond motifs is 2. The lowest BCUT2D eigenvalue weighted by molar-refractivity contribution is 0.0714. The predicted octanol–water partition coefficient (Wildman–Crippen LogP) is 5.21. The Morgan fingerprint density at radius 1 is 1.03 bits per heavy atom. The maximum Gasteiger partial charge on any atom is 0.291 e. The molecule has 1 N–H and O–H groups in total. The number of carbonyl (C=O) groups is 1. The van der Waals surface area contributed by atoms with E-state index in [9.17, 15) is 14.7 Å². The van der Waals surface area contributed by atoms with Gasteiger partial charge in [0.15, 0.2) is 5.43 Å². The molecule has 5 rings (SSSR count). The van der Waals surface area contributed by atoms with Crippen molar-refractivity contribution in [3.8, 4) is 5.75 Å². The van der Waals surface area contributed by atoms with Gasteiger partial charge < -0.3 is 14.4 Å². The molecule has 1 atom stereocenters. The maximum absolute atomic E-state index is 13.5. The van der Waals surface area contributed by atoms with Crippen molar-refractivity contribution >= 4 is 28.5 Å². The first-order chi connectivity index (χ1) is 14.9. The zero-order valence-corrected chi connectivity index (χ0v) is 17.4. The molecule has 1 unspecified atom stereocenters. The van der Waals surface area contributed by atoms with E-state index in [1.165, 1.54) is 0 Å². The molecule has 0 radical (unpaired) electrons. The third kappa shape index (κ3) is 3.18. The van der Waals surface area contributed by atoms with Crippen LogP contribution >= 0.6 is 11.6 Å². The summed E-state index contributed by atoms with van der Waals surface area (Å²) in [6.07, 6.45) is 0. The summed E-state index contributed by atoms with van der Waals surface area (Å²) in [5.41, 5.74) is 2.61. The fourth-order valence-corrected chi connectivity index (χ4v) is 4.29. The van der Waals surface area contributed by atoms with E-state index in [1.54, 1.807) is 41.3 Å². The van der Waals surface area contributed by atoms with Crippen LogP contribution in [0, 0.1) is 6.92 Å². The van der Waals surface area contributed by atoms with Gasteiger partial charge in [0.1, 0.15) is 11.3 Å². The molecule has 1 aliphatic rings. The number of nitrogens with zero attached hydrogens (tertiary/aromatic N) is 1. The Hall–Kier alpha value is -3.57. The second kappa shape index (κ2) is 7.29. The SMILES string of the molecule is Cc1cc2oc3c(c(=O)c2cc1Cl)C(c1cccc(O)c1)N(Cc1ccccc1)C3=O. The molecular formula is C25H18ClNO4. The summed E-state index contributed by atoms with van der Waals surface area (Å²) in [5.74, 6) is -0.274. The Kier molecular flexibility index (Phi) is 4.56. The van der Waals surface area contributed by atoms with Crippen molar-refractivity contribution in [1.29, 1.82) is 0 Å². The molecule has 5 nitrogen and oxygen atoms in total. The molecule has 2 heterocycles. The first-order valence-corrected chi connectivity index (χ1v) is 10.2. The summed E-state index contributed by atoms with van der Waals surface area (Å²) in [5, 5.41) is 10.8. The van der Waals surface area contributed by atoms with Gasteiger partial charge in [-0.15, -0.1) is 0 Å². The van der Waals surface area contributed by atoms with Crippen LogP contribution in [-0.2, 0) is 6.54 Å². The summed E-state index contributed by atoms with van der Waals surface area (Å²) < 4.78 is 5.97. The maximum atomic E-state index is 13.5. The molecule has 0 saturated heterocycles. The first-order valence-electron chi connectivity index (χ1n) is 9.84. The second-order valence-corrected chi connectivity index (χ2v) is 8.09. The van der Waals surface area contributed by atoms with Crippen LogP contribution in [0.2, 0.25) is 5.02 Å². The zero-order chi connectivity index (χ0) is 21.7. The molecule has 1 aromatic heterocycles. The zero-order valence-electron chi connectivity index (χ0n) is 16.6. The van der Waals surface area contributed by atoms with E-state index < -0.39 is 6.04 Å². The Balaban J connectivity index is 1.76. The Morgan fingerprint density at radius 3 is 2.55 bits per heavy atom. The summed E-state index contributed by atoms with van der Waals surface area (Å²) >= 11 is 6.26. The quantitative estimate of drug-likeness (QED) is 0.483. The summed E-state index contributed by atoms with van der Waals surface area (Å²) in [6, 6.07) is 18.7. The number of rotatable bonds is 3. The molecule has 0 aliphatic carbocycles. The van der Waals surface area contributed by atoms with Crippen LogP contribution < -0.4 is 5.43 Å². The molecule has 31 heavy (non-hydrogen) atoms. The Morgan fingerprint density at radius 2 is 1.81 bits per heavy atom. The molecule has 6 heteroatoms. The summed E-state index contributed by atoms with van der Waals surface area (Å²) in [4.78, 5) is 28.6. The van der Waals surface area contributed by atoms with E-state index in [0.717, 1.165) is 11.1 Å². The van der Waals surface area contributed by atoms with Crippen LogP contribution in [0.1, 0.15) is 38.9 Å². The second-order valence-electron chi connectivity index (χ2n) is 7.69. The van der Waals surface area contributed by atoms with Crippen molar-refractivity contribution in [1.82, 2.24) is 4.90 Å². The number of carbonyl (C=O) groups excluding carboxylic acids is 1. The Bertz CT molecular complexity index is 1390. The normalized spacial score (nSPS) is 15.5. The Labute approximate surface area is 183 Å². The highest BCUT2D eigenvalue weighted by Crippen LogP contribution is 2.40. The highest BCUT2D eigenvalue weighted by atomic mass is 35.5. The molecule has 154 valence electrons. The molecule has 0 fully saturated rings. The number of phenolic OH excluding ortho intramolecular Hbond substituents is 1. The highest BCUT2D eigenvalue weighted by molar-refractivity contribution is 6.32. The molecule has 1 amide bonds. The molecule has 1 aliphatic heterocycles.